The number of nitrogens with zero attached hydrogens (tertiary/aromatic N) is 3. The number of ether oxygens (including phenoxy) is 2. The second-order valence-corrected chi connectivity index (χ2v) is 9.81. The van der Waals surface area contributed by atoms with Crippen LogP contribution in [0, 0.1) is 0 Å². The van der Waals surface area contributed by atoms with Gasteiger partial charge >= 0.3 is 8.80 Å². The van der Waals surface area contributed by atoms with Crippen molar-refractivity contribution in [2.45, 2.75) is 58.6 Å². The average molecular weight is 436 g/mol. The molecule has 1 aliphatic heterocycles. The maximum Gasteiger partial charge on any atom is 0.500 e. The zero-order valence-corrected chi connectivity index (χ0v) is 19.2. The second-order valence-electron chi connectivity index (χ2n) is 7.08. The predicted octanol–water partition coefficient (Wildman–Crippen LogP) is 3.37. The van der Waals surface area contributed by atoms with Gasteiger partial charge in [0.05, 0.1) is 19.4 Å². The van der Waals surface area contributed by atoms with Crippen LogP contribution in [-0.4, -0.2) is 56.3 Å². The van der Waals surface area contributed by atoms with Crippen molar-refractivity contribution in [1.29, 1.82) is 0 Å². The summed E-state index contributed by atoms with van der Waals surface area (Å²) >= 11 is 0. The van der Waals surface area contributed by atoms with Crippen molar-refractivity contribution in [1.82, 2.24) is 15.0 Å². The molecule has 30 heavy (non-hydrogen) atoms. The summed E-state index contributed by atoms with van der Waals surface area (Å²) in [6.07, 6.45) is 3.04. The standard InChI is InChI=1S/C21H33N3O5Si/c1-4-26-30(27-5-2,28-6-3)14-10-13-24-15-19(22-23-24)16-25-17-20-21(29-20)18-11-8-7-9-12-18/h7-9,11-12,15,20-21H,4-6,10,13-14,16-17H2,1-3H3/t20-,21-/m0/s1. The van der Waals surface area contributed by atoms with Crippen LogP contribution < -0.4 is 0 Å². The van der Waals surface area contributed by atoms with E-state index < -0.39 is 8.80 Å². The molecule has 1 saturated heterocycles. The highest BCUT2D eigenvalue weighted by Crippen LogP contribution is 2.38. The van der Waals surface area contributed by atoms with Gasteiger partial charge < -0.3 is 22.8 Å². The van der Waals surface area contributed by atoms with Gasteiger partial charge in [-0.25, -0.2) is 0 Å². The zero-order valence-electron chi connectivity index (χ0n) is 18.2. The Kier molecular flexibility index (Phi) is 8.98. The van der Waals surface area contributed by atoms with E-state index in [1.807, 2.05) is 49.8 Å². The van der Waals surface area contributed by atoms with E-state index in [2.05, 4.69) is 22.4 Å². The van der Waals surface area contributed by atoms with Crippen LogP contribution in [0.2, 0.25) is 6.04 Å². The van der Waals surface area contributed by atoms with Gasteiger partial charge in [-0.15, -0.1) is 5.10 Å². The molecule has 0 saturated carbocycles. The van der Waals surface area contributed by atoms with Crippen LogP contribution in [0.5, 0.6) is 0 Å². The molecule has 0 bridgehead atoms. The molecule has 8 nitrogen and oxygen atoms in total. The lowest BCUT2D eigenvalue weighted by Gasteiger charge is -2.28. The van der Waals surface area contributed by atoms with Crippen LogP contribution in [0.25, 0.3) is 0 Å². The first-order valence-corrected chi connectivity index (χ1v) is 12.7. The van der Waals surface area contributed by atoms with Crippen LogP contribution in [0.1, 0.15) is 44.6 Å². The van der Waals surface area contributed by atoms with Gasteiger partial charge in [0.2, 0.25) is 0 Å². The molecule has 0 N–H and O–H groups in total. The minimum Gasteiger partial charge on any atom is -0.374 e. The van der Waals surface area contributed by atoms with Gasteiger partial charge in [-0.3, -0.25) is 4.68 Å². The SMILES string of the molecule is CCO[Si](CCCn1cc(COC[C@@H]2O[C@H]2c2ccccc2)nn1)(OCC)OCC. The molecule has 2 atom stereocenters. The molecular formula is C21H33N3O5Si. The Morgan fingerprint density at radius 2 is 1.73 bits per heavy atom. The van der Waals surface area contributed by atoms with E-state index in [4.69, 9.17) is 22.8 Å². The summed E-state index contributed by atoms with van der Waals surface area (Å²) in [7, 11) is -2.60. The quantitative estimate of drug-likeness (QED) is 0.313. The lowest BCUT2D eigenvalue weighted by Crippen LogP contribution is -2.46. The average Bonchev–Trinajstić information content (AvgIpc) is 3.38. The molecule has 0 spiro atoms. The van der Waals surface area contributed by atoms with Gasteiger partial charge in [-0.1, -0.05) is 35.5 Å². The molecule has 9 heteroatoms. The Morgan fingerprint density at radius 1 is 1.03 bits per heavy atom. The first-order chi connectivity index (χ1) is 14.7. The lowest BCUT2D eigenvalue weighted by molar-refractivity contribution is 0.0704. The van der Waals surface area contributed by atoms with Crippen molar-refractivity contribution in [2.24, 2.45) is 0 Å². The number of aryl methyl sites for hydroxylation is 1. The number of hydrogen-bond donors (Lipinski definition) is 0. The number of rotatable bonds is 15. The van der Waals surface area contributed by atoms with Gasteiger partial charge in [0.15, 0.2) is 0 Å². The summed E-state index contributed by atoms with van der Waals surface area (Å²) < 4.78 is 31.0. The highest BCUT2D eigenvalue weighted by Gasteiger charge is 2.40. The smallest absolute Gasteiger partial charge is 0.374 e. The first kappa shape index (κ1) is 23.0. The van der Waals surface area contributed by atoms with E-state index in [9.17, 15) is 0 Å². The molecule has 0 radical (unpaired) electrons. The molecule has 1 aromatic heterocycles. The number of benzene rings is 1. The molecule has 166 valence electrons. The second kappa shape index (κ2) is 11.7. The van der Waals surface area contributed by atoms with Gasteiger partial charge in [0, 0.05) is 32.4 Å². The maximum absolute atomic E-state index is 5.89. The van der Waals surface area contributed by atoms with Gasteiger partial charge in [0.1, 0.15) is 17.9 Å². The molecule has 1 aliphatic rings. The summed E-state index contributed by atoms with van der Waals surface area (Å²) in [4.78, 5) is 0. The molecule has 1 fully saturated rings. The Labute approximate surface area is 179 Å². The normalized spacial score (nSPS) is 18.6. The van der Waals surface area contributed by atoms with Gasteiger partial charge in [-0.2, -0.15) is 0 Å². The minimum atomic E-state index is -2.60. The summed E-state index contributed by atoms with van der Waals surface area (Å²) in [6, 6.07) is 11.0. The third-order valence-electron chi connectivity index (χ3n) is 4.79. The first-order valence-electron chi connectivity index (χ1n) is 10.8. The summed E-state index contributed by atoms with van der Waals surface area (Å²) in [5.74, 6) is 0. The van der Waals surface area contributed by atoms with E-state index in [0.29, 0.717) is 33.0 Å². The molecule has 1 aromatic carbocycles. The van der Waals surface area contributed by atoms with E-state index >= 15 is 0 Å². The van der Waals surface area contributed by atoms with Crippen LogP contribution in [0.15, 0.2) is 36.5 Å². The minimum absolute atomic E-state index is 0.122. The van der Waals surface area contributed by atoms with Crippen molar-refractivity contribution >= 4 is 8.80 Å². The van der Waals surface area contributed by atoms with Crippen molar-refractivity contribution in [3.8, 4) is 0 Å². The summed E-state index contributed by atoms with van der Waals surface area (Å²) in [5.41, 5.74) is 2.01. The van der Waals surface area contributed by atoms with Crippen LogP contribution in [0.4, 0.5) is 0 Å². The van der Waals surface area contributed by atoms with E-state index in [1.165, 1.54) is 5.56 Å². The largest absolute Gasteiger partial charge is 0.500 e. The molecule has 0 unspecified atom stereocenters. The maximum atomic E-state index is 5.89. The van der Waals surface area contributed by atoms with E-state index in [1.54, 1.807) is 0 Å². The monoisotopic (exact) mass is 435 g/mol. The fraction of sp³-hybridized carbons (Fsp3) is 0.619. The Bertz CT molecular complexity index is 728. The topological polar surface area (TPSA) is 80.2 Å². The lowest BCUT2D eigenvalue weighted by atomic mass is 10.1. The van der Waals surface area contributed by atoms with E-state index in [0.717, 1.165) is 24.7 Å². The number of aromatic nitrogens is 3. The third-order valence-corrected chi connectivity index (χ3v) is 7.94. The van der Waals surface area contributed by atoms with Crippen LogP contribution in [-0.2, 0) is 35.9 Å². The van der Waals surface area contributed by atoms with Crippen LogP contribution >= 0.6 is 0 Å². The summed E-state index contributed by atoms with van der Waals surface area (Å²) in [5, 5.41) is 8.40. The Morgan fingerprint density at radius 3 is 2.40 bits per heavy atom. The molecule has 0 aliphatic carbocycles. The highest BCUT2D eigenvalue weighted by molar-refractivity contribution is 6.60. The fourth-order valence-electron chi connectivity index (χ4n) is 3.46. The molecular weight excluding hydrogens is 402 g/mol. The summed E-state index contributed by atoms with van der Waals surface area (Å²) in [6.45, 7) is 9.40. The highest BCUT2D eigenvalue weighted by atomic mass is 28.4. The number of hydrogen-bond acceptors (Lipinski definition) is 7. The molecule has 2 aromatic rings. The zero-order chi connectivity index (χ0) is 21.2. The van der Waals surface area contributed by atoms with Crippen molar-refractivity contribution in [3.63, 3.8) is 0 Å². The van der Waals surface area contributed by atoms with E-state index in [-0.39, 0.29) is 12.2 Å². The number of epoxide rings is 1. The Balaban J connectivity index is 1.37. The van der Waals surface area contributed by atoms with Crippen molar-refractivity contribution in [3.05, 3.63) is 47.8 Å². The fourth-order valence-corrected chi connectivity index (χ4v) is 6.05. The van der Waals surface area contributed by atoms with Gasteiger partial charge in [0.25, 0.3) is 0 Å². The van der Waals surface area contributed by atoms with Gasteiger partial charge in [-0.05, 0) is 32.8 Å². The molecule has 0 amide bonds. The third kappa shape index (κ3) is 6.69. The molecule has 3 rings (SSSR count). The predicted molar refractivity (Wildman–Crippen MR) is 114 cm³/mol. The van der Waals surface area contributed by atoms with Crippen LogP contribution in [0.3, 0.4) is 0 Å². The molecule has 2 heterocycles. The Hall–Kier alpha value is -1.62. The van der Waals surface area contributed by atoms with Crippen molar-refractivity contribution in [2.75, 3.05) is 26.4 Å². The van der Waals surface area contributed by atoms with Crippen molar-refractivity contribution < 1.29 is 22.8 Å².